The van der Waals surface area contributed by atoms with Gasteiger partial charge in [-0.3, -0.25) is 4.90 Å². The smallest absolute Gasteiger partial charge is 0.311 e. The highest BCUT2D eigenvalue weighted by Gasteiger charge is 2.37. The molecule has 0 amide bonds. The zero-order valence-electron chi connectivity index (χ0n) is 13.3. The van der Waals surface area contributed by atoms with Gasteiger partial charge in [-0.25, -0.2) is 0 Å². The Labute approximate surface area is 121 Å². The Morgan fingerprint density at radius 1 is 1.25 bits per heavy atom. The molecule has 0 aromatic heterocycles. The van der Waals surface area contributed by atoms with Gasteiger partial charge in [-0.2, -0.15) is 13.2 Å². The molecule has 1 rings (SSSR count). The quantitative estimate of drug-likeness (QED) is 0.851. The SMILES string of the molecule is CCC(C)C1CNC(C(C)(C)C)CN1CCC(F)(F)F. The predicted octanol–water partition coefficient (Wildman–Crippen LogP) is 3.67. The molecule has 0 bridgehead atoms. The van der Waals surface area contributed by atoms with Crippen molar-refractivity contribution in [2.45, 2.75) is 65.7 Å². The van der Waals surface area contributed by atoms with Crippen molar-refractivity contribution in [3.63, 3.8) is 0 Å². The van der Waals surface area contributed by atoms with Gasteiger partial charge in [-0.05, 0) is 11.3 Å². The van der Waals surface area contributed by atoms with Crippen molar-refractivity contribution in [2.24, 2.45) is 11.3 Å². The Morgan fingerprint density at radius 2 is 1.85 bits per heavy atom. The lowest BCUT2D eigenvalue weighted by Gasteiger charge is -2.47. The summed E-state index contributed by atoms with van der Waals surface area (Å²) in [6.45, 7) is 12.2. The molecule has 1 heterocycles. The molecule has 1 saturated heterocycles. The third-order valence-electron chi connectivity index (χ3n) is 4.49. The van der Waals surface area contributed by atoms with E-state index in [0.717, 1.165) is 13.0 Å². The normalized spacial score (nSPS) is 27.6. The molecule has 1 aliphatic heterocycles. The van der Waals surface area contributed by atoms with Gasteiger partial charge in [0.05, 0.1) is 6.42 Å². The van der Waals surface area contributed by atoms with Crippen molar-refractivity contribution in [3.8, 4) is 0 Å². The molecule has 0 radical (unpaired) electrons. The van der Waals surface area contributed by atoms with Crippen LogP contribution in [0.3, 0.4) is 0 Å². The number of alkyl halides is 3. The second kappa shape index (κ2) is 6.65. The van der Waals surface area contributed by atoms with Crippen LogP contribution >= 0.6 is 0 Å². The molecule has 0 aliphatic carbocycles. The Hall–Kier alpha value is -0.290. The zero-order valence-corrected chi connectivity index (χ0v) is 13.3. The molecular weight excluding hydrogens is 265 g/mol. The summed E-state index contributed by atoms with van der Waals surface area (Å²) >= 11 is 0. The molecular formula is C15H29F3N2. The van der Waals surface area contributed by atoms with Crippen LogP contribution in [-0.4, -0.2) is 42.8 Å². The standard InChI is InChI=1S/C15H29F3N2/c1-6-11(2)12-9-19-13(14(3,4)5)10-20(12)8-7-15(16,17)18/h11-13,19H,6-10H2,1-5H3. The lowest BCUT2D eigenvalue weighted by atomic mass is 9.83. The number of hydrogen-bond donors (Lipinski definition) is 1. The molecule has 3 unspecified atom stereocenters. The molecule has 0 saturated carbocycles. The van der Waals surface area contributed by atoms with E-state index in [-0.39, 0.29) is 24.0 Å². The van der Waals surface area contributed by atoms with Crippen LogP contribution in [-0.2, 0) is 0 Å². The highest BCUT2D eigenvalue weighted by atomic mass is 19.4. The maximum Gasteiger partial charge on any atom is 0.390 e. The van der Waals surface area contributed by atoms with E-state index in [2.05, 4.69) is 39.9 Å². The molecule has 20 heavy (non-hydrogen) atoms. The van der Waals surface area contributed by atoms with Crippen molar-refractivity contribution < 1.29 is 13.2 Å². The molecule has 120 valence electrons. The van der Waals surface area contributed by atoms with E-state index in [1.54, 1.807) is 0 Å². The van der Waals surface area contributed by atoms with Crippen LogP contribution in [0, 0.1) is 11.3 Å². The average molecular weight is 294 g/mol. The van der Waals surface area contributed by atoms with Gasteiger partial charge in [-0.1, -0.05) is 41.0 Å². The highest BCUT2D eigenvalue weighted by Crippen LogP contribution is 2.28. The molecule has 2 nitrogen and oxygen atoms in total. The number of piperazine rings is 1. The summed E-state index contributed by atoms with van der Waals surface area (Å²) in [5, 5.41) is 3.53. The fraction of sp³-hybridized carbons (Fsp3) is 1.00. The van der Waals surface area contributed by atoms with E-state index in [1.165, 1.54) is 0 Å². The van der Waals surface area contributed by atoms with Gasteiger partial charge in [0.1, 0.15) is 0 Å². The highest BCUT2D eigenvalue weighted by molar-refractivity contribution is 4.93. The van der Waals surface area contributed by atoms with Crippen molar-refractivity contribution in [3.05, 3.63) is 0 Å². The average Bonchev–Trinajstić information content (AvgIpc) is 2.33. The van der Waals surface area contributed by atoms with Crippen LogP contribution in [0.2, 0.25) is 0 Å². The molecule has 5 heteroatoms. The molecule has 0 aromatic carbocycles. The monoisotopic (exact) mass is 294 g/mol. The van der Waals surface area contributed by atoms with Crippen LogP contribution in [0.15, 0.2) is 0 Å². The minimum absolute atomic E-state index is 0.0664. The fourth-order valence-corrected chi connectivity index (χ4v) is 2.77. The van der Waals surface area contributed by atoms with Crippen molar-refractivity contribution >= 4 is 0 Å². The Balaban J connectivity index is 2.73. The van der Waals surface area contributed by atoms with Crippen LogP contribution in [0.5, 0.6) is 0 Å². The van der Waals surface area contributed by atoms with Gasteiger partial charge in [0.2, 0.25) is 0 Å². The van der Waals surface area contributed by atoms with Gasteiger partial charge in [0.25, 0.3) is 0 Å². The molecule has 0 spiro atoms. The third kappa shape index (κ3) is 5.24. The molecule has 1 aliphatic rings. The van der Waals surface area contributed by atoms with E-state index in [0.29, 0.717) is 12.5 Å². The van der Waals surface area contributed by atoms with E-state index >= 15 is 0 Å². The Kier molecular flexibility index (Phi) is 5.90. The largest absolute Gasteiger partial charge is 0.390 e. The summed E-state index contributed by atoms with van der Waals surface area (Å²) in [6, 6.07) is 0.456. The first-order valence-corrected chi connectivity index (χ1v) is 7.58. The number of nitrogens with one attached hydrogen (secondary N) is 1. The van der Waals surface area contributed by atoms with Gasteiger partial charge < -0.3 is 5.32 Å². The number of rotatable bonds is 4. The molecule has 0 aromatic rings. The van der Waals surface area contributed by atoms with Gasteiger partial charge >= 0.3 is 6.18 Å². The van der Waals surface area contributed by atoms with Crippen LogP contribution in [0.25, 0.3) is 0 Å². The Bertz CT molecular complexity index is 296. The summed E-state index contributed by atoms with van der Waals surface area (Å²) in [5.74, 6) is 0.414. The topological polar surface area (TPSA) is 15.3 Å². The fourth-order valence-electron chi connectivity index (χ4n) is 2.77. The molecule has 1 N–H and O–H groups in total. The second-order valence-corrected chi connectivity index (χ2v) is 7.14. The zero-order chi connectivity index (χ0) is 15.6. The minimum Gasteiger partial charge on any atom is -0.311 e. The van der Waals surface area contributed by atoms with Gasteiger partial charge in [0.15, 0.2) is 0 Å². The summed E-state index contributed by atoms with van der Waals surface area (Å²) in [6.07, 6.45) is -3.78. The Morgan fingerprint density at radius 3 is 2.30 bits per heavy atom. The first-order chi connectivity index (χ1) is 9.04. The number of nitrogens with zero attached hydrogens (tertiary/aromatic N) is 1. The third-order valence-corrected chi connectivity index (χ3v) is 4.49. The summed E-state index contributed by atoms with van der Waals surface area (Å²) in [4.78, 5) is 2.05. The van der Waals surface area contributed by atoms with Crippen LogP contribution < -0.4 is 5.32 Å². The van der Waals surface area contributed by atoms with E-state index in [9.17, 15) is 13.2 Å². The van der Waals surface area contributed by atoms with Gasteiger partial charge in [0, 0.05) is 31.7 Å². The van der Waals surface area contributed by atoms with Crippen molar-refractivity contribution in [2.75, 3.05) is 19.6 Å². The summed E-state index contributed by atoms with van der Waals surface area (Å²) in [5.41, 5.74) is 0.0664. The number of hydrogen-bond acceptors (Lipinski definition) is 2. The van der Waals surface area contributed by atoms with Crippen LogP contribution in [0.4, 0.5) is 13.2 Å². The first-order valence-electron chi connectivity index (χ1n) is 7.58. The molecule has 3 atom stereocenters. The van der Waals surface area contributed by atoms with E-state index in [1.807, 2.05) is 4.90 Å². The van der Waals surface area contributed by atoms with Crippen LogP contribution in [0.1, 0.15) is 47.5 Å². The van der Waals surface area contributed by atoms with Crippen molar-refractivity contribution in [1.82, 2.24) is 10.2 Å². The molecule has 1 fully saturated rings. The second-order valence-electron chi connectivity index (χ2n) is 7.14. The number of halogens is 3. The first kappa shape index (κ1) is 17.8. The maximum atomic E-state index is 12.5. The van der Waals surface area contributed by atoms with Crippen molar-refractivity contribution in [1.29, 1.82) is 0 Å². The van der Waals surface area contributed by atoms with E-state index < -0.39 is 12.6 Å². The predicted molar refractivity (Wildman–Crippen MR) is 76.7 cm³/mol. The summed E-state index contributed by atoms with van der Waals surface area (Å²) in [7, 11) is 0. The lowest BCUT2D eigenvalue weighted by Crippen LogP contribution is -2.62. The van der Waals surface area contributed by atoms with Gasteiger partial charge in [-0.15, -0.1) is 0 Å². The minimum atomic E-state index is -4.07. The lowest BCUT2D eigenvalue weighted by molar-refractivity contribution is -0.141. The van der Waals surface area contributed by atoms with E-state index in [4.69, 9.17) is 0 Å². The summed E-state index contributed by atoms with van der Waals surface area (Å²) < 4.78 is 37.5. The maximum absolute atomic E-state index is 12.5.